The first-order valence-corrected chi connectivity index (χ1v) is 6.47. The standard InChI is InChI=1S/C12H14BrFN2O3/c1-7(13)12(2,3)15-11(17)9-6-8(14)4-5-10(9)16(18)19/h4-7H,1-3H3,(H,15,17). The van der Waals surface area contributed by atoms with Crippen LogP contribution < -0.4 is 5.32 Å². The molecule has 1 aromatic rings. The van der Waals surface area contributed by atoms with Gasteiger partial charge in [0.05, 0.1) is 4.92 Å². The molecule has 1 aromatic carbocycles. The Morgan fingerprint density at radius 3 is 2.58 bits per heavy atom. The smallest absolute Gasteiger partial charge is 0.282 e. The number of nitro groups is 1. The number of nitro benzene ring substituents is 1. The van der Waals surface area contributed by atoms with Crippen LogP contribution in [0, 0.1) is 15.9 Å². The van der Waals surface area contributed by atoms with Gasteiger partial charge in [-0.15, -0.1) is 0 Å². The molecule has 0 radical (unpaired) electrons. The zero-order chi connectivity index (χ0) is 14.8. The minimum atomic E-state index is -0.709. The molecule has 1 rings (SSSR count). The molecule has 0 saturated carbocycles. The highest BCUT2D eigenvalue weighted by atomic mass is 79.9. The van der Waals surface area contributed by atoms with Crippen LogP contribution in [0.4, 0.5) is 10.1 Å². The van der Waals surface area contributed by atoms with E-state index < -0.39 is 27.9 Å². The molecule has 19 heavy (non-hydrogen) atoms. The van der Waals surface area contributed by atoms with Crippen molar-refractivity contribution in [3.63, 3.8) is 0 Å². The quantitative estimate of drug-likeness (QED) is 0.523. The topological polar surface area (TPSA) is 72.2 Å². The monoisotopic (exact) mass is 332 g/mol. The van der Waals surface area contributed by atoms with Crippen LogP contribution in [0.3, 0.4) is 0 Å². The van der Waals surface area contributed by atoms with E-state index in [0.717, 1.165) is 18.2 Å². The van der Waals surface area contributed by atoms with Gasteiger partial charge < -0.3 is 5.32 Å². The van der Waals surface area contributed by atoms with E-state index in [9.17, 15) is 19.3 Å². The van der Waals surface area contributed by atoms with Crippen molar-refractivity contribution in [3.05, 3.63) is 39.7 Å². The number of hydrogen-bond donors (Lipinski definition) is 1. The minimum Gasteiger partial charge on any atom is -0.346 e. The third-order valence-electron chi connectivity index (χ3n) is 2.83. The Hall–Kier alpha value is -1.50. The van der Waals surface area contributed by atoms with Crippen molar-refractivity contribution < 1.29 is 14.1 Å². The average molecular weight is 333 g/mol. The summed E-state index contributed by atoms with van der Waals surface area (Å²) in [5.41, 5.74) is -1.33. The molecular formula is C12H14BrFN2O3. The molecule has 0 saturated heterocycles. The number of benzene rings is 1. The van der Waals surface area contributed by atoms with Gasteiger partial charge in [0, 0.05) is 16.4 Å². The Balaban J connectivity index is 3.13. The number of carbonyl (C=O) groups excluding carboxylic acids is 1. The van der Waals surface area contributed by atoms with Crippen molar-refractivity contribution in [3.8, 4) is 0 Å². The zero-order valence-electron chi connectivity index (χ0n) is 10.7. The average Bonchev–Trinajstić information content (AvgIpc) is 2.27. The highest BCUT2D eigenvalue weighted by Crippen LogP contribution is 2.22. The Labute approximate surface area is 118 Å². The molecule has 0 aromatic heterocycles. The Morgan fingerprint density at radius 2 is 2.11 bits per heavy atom. The lowest BCUT2D eigenvalue weighted by molar-refractivity contribution is -0.385. The molecule has 0 spiro atoms. The summed E-state index contributed by atoms with van der Waals surface area (Å²) in [5, 5.41) is 13.5. The third-order valence-corrected chi connectivity index (χ3v) is 3.97. The number of alkyl halides is 1. The number of halogens is 2. The van der Waals surface area contributed by atoms with Crippen LogP contribution in [0.5, 0.6) is 0 Å². The Morgan fingerprint density at radius 1 is 1.53 bits per heavy atom. The SMILES string of the molecule is CC(Br)C(C)(C)NC(=O)c1cc(F)ccc1[N+](=O)[O-]. The van der Waals surface area contributed by atoms with Gasteiger partial charge in [0.2, 0.25) is 0 Å². The maximum atomic E-state index is 13.2. The summed E-state index contributed by atoms with van der Waals surface area (Å²) in [6.45, 7) is 5.35. The fourth-order valence-corrected chi connectivity index (χ4v) is 1.42. The lowest BCUT2D eigenvalue weighted by atomic mass is 10.0. The highest BCUT2D eigenvalue weighted by molar-refractivity contribution is 9.09. The summed E-state index contributed by atoms with van der Waals surface area (Å²) in [5.74, 6) is -1.37. The molecule has 1 amide bonds. The first kappa shape index (κ1) is 15.6. The lowest BCUT2D eigenvalue weighted by Crippen LogP contribution is -2.48. The van der Waals surface area contributed by atoms with Crippen LogP contribution >= 0.6 is 15.9 Å². The van der Waals surface area contributed by atoms with Gasteiger partial charge in [-0.3, -0.25) is 14.9 Å². The molecule has 0 heterocycles. The molecular weight excluding hydrogens is 319 g/mol. The van der Waals surface area contributed by atoms with Gasteiger partial charge in [0.25, 0.3) is 11.6 Å². The predicted octanol–water partition coefficient (Wildman–Crippen LogP) is 3.03. The number of nitrogens with one attached hydrogen (secondary N) is 1. The number of rotatable bonds is 4. The second-order valence-electron chi connectivity index (χ2n) is 4.71. The van der Waals surface area contributed by atoms with Crippen molar-refractivity contribution in [2.24, 2.45) is 0 Å². The maximum Gasteiger partial charge on any atom is 0.282 e. The molecule has 7 heteroatoms. The van der Waals surface area contributed by atoms with E-state index >= 15 is 0 Å². The van der Waals surface area contributed by atoms with E-state index in [2.05, 4.69) is 21.2 Å². The van der Waals surface area contributed by atoms with Crippen LogP contribution in [0.2, 0.25) is 0 Å². The van der Waals surface area contributed by atoms with Crippen molar-refractivity contribution in [1.82, 2.24) is 5.32 Å². The molecule has 0 bridgehead atoms. The van der Waals surface area contributed by atoms with Gasteiger partial charge in [-0.05, 0) is 26.0 Å². The molecule has 104 valence electrons. The fraction of sp³-hybridized carbons (Fsp3) is 0.417. The molecule has 0 aliphatic heterocycles. The van der Waals surface area contributed by atoms with Gasteiger partial charge in [0.15, 0.2) is 0 Å². The predicted molar refractivity (Wildman–Crippen MR) is 73.0 cm³/mol. The summed E-state index contributed by atoms with van der Waals surface area (Å²) < 4.78 is 13.2. The number of nitrogens with zero attached hydrogens (tertiary/aromatic N) is 1. The minimum absolute atomic E-state index is 0.0587. The summed E-state index contributed by atoms with van der Waals surface area (Å²) >= 11 is 3.34. The summed E-state index contributed by atoms with van der Waals surface area (Å²) in [6.07, 6.45) is 0. The molecule has 1 N–H and O–H groups in total. The summed E-state index contributed by atoms with van der Waals surface area (Å²) in [7, 11) is 0. The van der Waals surface area contributed by atoms with Crippen LogP contribution in [0.1, 0.15) is 31.1 Å². The van der Waals surface area contributed by atoms with Crippen LogP contribution in [0.25, 0.3) is 0 Å². The van der Waals surface area contributed by atoms with Gasteiger partial charge in [0.1, 0.15) is 11.4 Å². The molecule has 1 unspecified atom stereocenters. The van der Waals surface area contributed by atoms with Gasteiger partial charge in [-0.25, -0.2) is 4.39 Å². The largest absolute Gasteiger partial charge is 0.346 e. The number of amides is 1. The maximum absolute atomic E-state index is 13.2. The fourth-order valence-electron chi connectivity index (χ4n) is 1.31. The summed E-state index contributed by atoms with van der Waals surface area (Å²) in [6, 6.07) is 2.80. The second-order valence-corrected chi connectivity index (χ2v) is 6.08. The number of carbonyl (C=O) groups is 1. The van der Waals surface area contributed by atoms with Gasteiger partial charge in [-0.2, -0.15) is 0 Å². The van der Waals surface area contributed by atoms with Crippen molar-refractivity contribution in [2.45, 2.75) is 31.1 Å². The van der Waals surface area contributed by atoms with Crippen LogP contribution in [-0.4, -0.2) is 21.2 Å². The Bertz CT molecular complexity index is 518. The molecule has 5 nitrogen and oxygen atoms in total. The van der Waals surface area contributed by atoms with E-state index in [1.54, 1.807) is 13.8 Å². The van der Waals surface area contributed by atoms with E-state index in [4.69, 9.17) is 0 Å². The van der Waals surface area contributed by atoms with E-state index in [-0.39, 0.29) is 10.4 Å². The molecule has 0 aliphatic rings. The Kier molecular flexibility index (Phi) is 4.62. The van der Waals surface area contributed by atoms with Gasteiger partial charge in [-0.1, -0.05) is 22.9 Å². The molecule has 0 fully saturated rings. The number of hydrogen-bond acceptors (Lipinski definition) is 3. The van der Waals surface area contributed by atoms with Gasteiger partial charge >= 0.3 is 0 Å². The first-order chi connectivity index (χ1) is 8.65. The van der Waals surface area contributed by atoms with E-state index in [1.165, 1.54) is 0 Å². The normalized spacial score (nSPS) is 12.9. The lowest BCUT2D eigenvalue weighted by Gasteiger charge is -2.29. The van der Waals surface area contributed by atoms with Crippen LogP contribution in [0.15, 0.2) is 18.2 Å². The van der Waals surface area contributed by atoms with Crippen molar-refractivity contribution in [2.75, 3.05) is 0 Å². The summed E-state index contributed by atoms with van der Waals surface area (Å²) in [4.78, 5) is 22.1. The molecule has 0 aliphatic carbocycles. The van der Waals surface area contributed by atoms with Crippen molar-refractivity contribution in [1.29, 1.82) is 0 Å². The second kappa shape index (κ2) is 5.64. The van der Waals surface area contributed by atoms with E-state index in [0.29, 0.717) is 0 Å². The van der Waals surface area contributed by atoms with Crippen molar-refractivity contribution >= 4 is 27.5 Å². The van der Waals surface area contributed by atoms with E-state index in [1.807, 2.05) is 6.92 Å². The first-order valence-electron chi connectivity index (χ1n) is 5.55. The zero-order valence-corrected chi connectivity index (χ0v) is 12.3. The van der Waals surface area contributed by atoms with Crippen LogP contribution in [-0.2, 0) is 0 Å². The molecule has 1 atom stereocenters. The highest BCUT2D eigenvalue weighted by Gasteiger charge is 2.29. The third kappa shape index (κ3) is 3.73.